The highest BCUT2D eigenvalue weighted by Gasteiger charge is 2.46. The van der Waals surface area contributed by atoms with E-state index in [1.54, 1.807) is 6.92 Å². The Labute approximate surface area is 216 Å². The summed E-state index contributed by atoms with van der Waals surface area (Å²) in [6.07, 6.45) is -3.61. The number of carbonyl (C=O) groups excluding carboxylic acids is 1. The smallest absolute Gasteiger partial charge is 0.460 e. The Kier molecular flexibility index (Phi) is 9.09. The predicted octanol–water partition coefficient (Wildman–Crippen LogP) is 2.27. The van der Waals surface area contributed by atoms with Crippen LogP contribution in [0, 0.1) is 6.92 Å². The number of aromatic nitrogens is 1. The maximum absolute atomic E-state index is 11.6. The number of nitrogens with zero attached hydrogens (tertiary/aromatic N) is 1. The van der Waals surface area contributed by atoms with Gasteiger partial charge >= 0.3 is 6.16 Å². The molecule has 2 saturated heterocycles. The van der Waals surface area contributed by atoms with E-state index < -0.39 is 36.9 Å². The fourth-order valence-corrected chi connectivity index (χ4v) is 4.76. The van der Waals surface area contributed by atoms with Crippen molar-refractivity contribution in [3.05, 3.63) is 52.8 Å². The van der Waals surface area contributed by atoms with Crippen molar-refractivity contribution in [3.8, 4) is 5.75 Å². The van der Waals surface area contributed by atoms with Gasteiger partial charge in [-0.15, -0.1) is 0 Å². The molecule has 1 aromatic carbocycles. The van der Waals surface area contributed by atoms with Crippen LogP contribution in [0.25, 0.3) is 0 Å². The van der Waals surface area contributed by atoms with Gasteiger partial charge in [0, 0.05) is 30.5 Å². The molecule has 2 fully saturated rings. The van der Waals surface area contributed by atoms with Crippen LogP contribution in [-0.4, -0.2) is 83.2 Å². The van der Waals surface area contributed by atoms with E-state index in [2.05, 4.69) is 35.8 Å². The summed E-state index contributed by atoms with van der Waals surface area (Å²) >= 11 is 0. The highest BCUT2D eigenvalue weighted by molar-refractivity contribution is 5.59. The van der Waals surface area contributed by atoms with E-state index in [9.17, 15) is 20.1 Å². The molecule has 10 heteroatoms. The largest absolute Gasteiger partial charge is 0.508 e. The second-order valence-electron chi connectivity index (χ2n) is 9.46. The van der Waals surface area contributed by atoms with Gasteiger partial charge in [0.15, 0.2) is 0 Å². The Balaban J connectivity index is 1.57. The average Bonchev–Trinajstić information content (AvgIpc) is 3.53. The number of benzene rings is 1. The summed E-state index contributed by atoms with van der Waals surface area (Å²) in [5.74, 6) is 0.502. The van der Waals surface area contributed by atoms with Crippen LogP contribution < -0.4 is 4.74 Å². The molecule has 0 aliphatic carbocycles. The van der Waals surface area contributed by atoms with Crippen molar-refractivity contribution in [1.29, 1.82) is 0 Å². The van der Waals surface area contributed by atoms with Crippen molar-refractivity contribution >= 4 is 6.16 Å². The average molecular weight is 520 g/mol. The van der Waals surface area contributed by atoms with Crippen LogP contribution in [-0.2, 0) is 31.8 Å². The molecule has 10 nitrogen and oxygen atoms in total. The summed E-state index contributed by atoms with van der Waals surface area (Å²) in [6, 6.07) is 8.55. The standard InChI is InChI=1S/C27H37NO9/c1-4-17-6-8-18(9-7-17)12-20-16(3)28(19-10-11-33-14-19)13-21(20)36-26-25(31)24(30)23(29)22(37-26)15-35-27(32)34-5-2/h6-9,13,19,22-26,29-31H,4-5,10-12,14-15H2,1-3H3/t19?,22-,23-,24+,25-,26-/m1/s1. The van der Waals surface area contributed by atoms with Gasteiger partial charge in [0.25, 0.3) is 0 Å². The van der Waals surface area contributed by atoms with E-state index in [4.69, 9.17) is 23.7 Å². The van der Waals surface area contributed by atoms with Gasteiger partial charge in [-0.05, 0) is 37.8 Å². The molecule has 6 atom stereocenters. The molecule has 1 aromatic heterocycles. The lowest BCUT2D eigenvalue weighted by Gasteiger charge is -2.39. The molecule has 0 saturated carbocycles. The van der Waals surface area contributed by atoms with E-state index in [1.807, 2.05) is 13.1 Å². The van der Waals surface area contributed by atoms with Crippen molar-refractivity contribution < 1.29 is 43.8 Å². The summed E-state index contributed by atoms with van der Waals surface area (Å²) in [5.41, 5.74) is 4.29. The molecule has 37 heavy (non-hydrogen) atoms. The van der Waals surface area contributed by atoms with Crippen LogP contribution in [0.3, 0.4) is 0 Å². The summed E-state index contributed by atoms with van der Waals surface area (Å²) in [6.45, 7) is 6.81. The number of rotatable bonds is 9. The molecule has 0 amide bonds. The van der Waals surface area contributed by atoms with Crippen molar-refractivity contribution in [2.24, 2.45) is 0 Å². The first-order valence-electron chi connectivity index (χ1n) is 12.8. The molecule has 2 aliphatic rings. The Morgan fingerprint density at radius 3 is 2.43 bits per heavy atom. The van der Waals surface area contributed by atoms with E-state index in [-0.39, 0.29) is 19.3 Å². The molecule has 2 aliphatic heterocycles. The van der Waals surface area contributed by atoms with Crippen LogP contribution in [0.15, 0.2) is 30.5 Å². The minimum absolute atomic E-state index is 0.131. The highest BCUT2D eigenvalue weighted by Crippen LogP contribution is 2.35. The molecule has 4 rings (SSSR count). The minimum Gasteiger partial charge on any atom is -0.460 e. The molecular weight excluding hydrogens is 482 g/mol. The van der Waals surface area contributed by atoms with Gasteiger partial charge in [0.05, 0.1) is 19.3 Å². The van der Waals surface area contributed by atoms with Crippen molar-refractivity contribution in [2.75, 3.05) is 26.4 Å². The Morgan fingerprint density at radius 2 is 1.78 bits per heavy atom. The molecule has 0 spiro atoms. The summed E-state index contributed by atoms with van der Waals surface area (Å²) in [4.78, 5) is 11.6. The number of aliphatic hydroxyl groups is 3. The molecule has 3 N–H and O–H groups in total. The van der Waals surface area contributed by atoms with Crippen molar-refractivity contribution in [3.63, 3.8) is 0 Å². The third-order valence-corrected chi connectivity index (χ3v) is 7.03. The van der Waals surface area contributed by atoms with E-state index >= 15 is 0 Å². The van der Waals surface area contributed by atoms with Crippen molar-refractivity contribution in [1.82, 2.24) is 4.57 Å². The topological polar surface area (TPSA) is 129 Å². The molecule has 1 unspecified atom stereocenters. The van der Waals surface area contributed by atoms with Gasteiger partial charge in [0.2, 0.25) is 6.29 Å². The number of aryl methyl sites for hydroxylation is 1. The van der Waals surface area contributed by atoms with Gasteiger partial charge in [-0.25, -0.2) is 4.79 Å². The quantitative estimate of drug-likeness (QED) is 0.427. The second-order valence-corrected chi connectivity index (χ2v) is 9.46. The molecular formula is C27H37NO9. The third kappa shape index (κ3) is 6.27. The van der Waals surface area contributed by atoms with Crippen LogP contribution in [0.5, 0.6) is 5.75 Å². The lowest BCUT2D eigenvalue weighted by molar-refractivity contribution is -0.278. The van der Waals surface area contributed by atoms with Gasteiger partial charge in [-0.1, -0.05) is 31.2 Å². The first-order valence-corrected chi connectivity index (χ1v) is 12.8. The summed E-state index contributed by atoms with van der Waals surface area (Å²) in [5, 5.41) is 31.5. The first kappa shape index (κ1) is 27.4. The molecule has 3 heterocycles. The zero-order valence-electron chi connectivity index (χ0n) is 21.5. The SMILES string of the molecule is CCOC(=O)OC[C@H]1O[C@@H](Oc2cn(C3CCOC3)c(C)c2Cc2ccc(CC)cc2)[C@H](O)[C@@H](O)[C@@H]1O. The first-order chi connectivity index (χ1) is 17.8. The van der Waals surface area contributed by atoms with Gasteiger partial charge in [0.1, 0.15) is 36.8 Å². The molecule has 0 bridgehead atoms. The fraction of sp³-hybridized carbons (Fsp3) is 0.593. The predicted molar refractivity (Wildman–Crippen MR) is 133 cm³/mol. The number of aliphatic hydroxyl groups excluding tert-OH is 3. The number of hydrogen-bond acceptors (Lipinski definition) is 9. The second kappa shape index (κ2) is 12.3. The van der Waals surface area contributed by atoms with Crippen LogP contribution in [0.4, 0.5) is 4.79 Å². The zero-order valence-corrected chi connectivity index (χ0v) is 21.5. The van der Waals surface area contributed by atoms with Gasteiger partial charge in [-0.3, -0.25) is 0 Å². The van der Waals surface area contributed by atoms with Crippen molar-refractivity contribution in [2.45, 2.75) is 76.8 Å². The lowest BCUT2D eigenvalue weighted by atomic mass is 9.99. The van der Waals surface area contributed by atoms with Crippen LogP contribution >= 0.6 is 0 Å². The Bertz CT molecular complexity index is 1030. The number of hydrogen-bond donors (Lipinski definition) is 3. The maximum Gasteiger partial charge on any atom is 0.508 e. The minimum atomic E-state index is -1.56. The molecule has 0 radical (unpaired) electrons. The van der Waals surface area contributed by atoms with Gasteiger partial charge in [-0.2, -0.15) is 0 Å². The molecule has 2 aromatic rings. The van der Waals surface area contributed by atoms with Crippen LogP contribution in [0.1, 0.15) is 48.7 Å². The molecule has 204 valence electrons. The fourth-order valence-electron chi connectivity index (χ4n) is 4.76. The number of ether oxygens (including phenoxy) is 5. The number of carbonyl (C=O) groups is 1. The summed E-state index contributed by atoms with van der Waals surface area (Å²) in [7, 11) is 0. The Morgan fingerprint density at radius 1 is 1.05 bits per heavy atom. The Hall–Kier alpha value is -2.63. The van der Waals surface area contributed by atoms with Gasteiger partial charge < -0.3 is 43.6 Å². The summed E-state index contributed by atoms with van der Waals surface area (Å²) < 4.78 is 29.4. The highest BCUT2D eigenvalue weighted by atomic mass is 16.7. The monoisotopic (exact) mass is 519 g/mol. The lowest BCUT2D eigenvalue weighted by Crippen LogP contribution is -2.60. The van der Waals surface area contributed by atoms with E-state index in [0.717, 1.165) is 29.7 Å². The zero-order chi connectivity index (χ0) is 26.5. The van der Waals surface area contributed by atoms with Crippen LogP contribution in [0.2, 0.25) is 0 Å². The normalized spacial score (nSPS) is 27.7. The van der Waals surface area contributed by atoms with E-state index in [0.29, 0.717) is 25.4 Å². The third-order valence-electron chi connectivity index (χ3n) is 7.03. The maximum atomic E-state index is 11.6. The van der Waals surface area contributed by atoms with E-state index in [1.165, 1.54) is 5.56 Å².